The molecule has 0 amide bonds. The minimum Gasteiger partial charge on any atom is -0.496 e. The fourth-order valence-electron chi connectivity index (χ4n) is 2.45. The minimum absolute atomic E-state index is 0.0989. The SMILES string of the molecule is CCCNC(c1c(C)cc(C)cc1OC)C(C)OC. The van der Waals surface area contributed by atoms with Gasteiger partial charge >= 0.3 is 0 Å². The van der Waals surface area contributed by atoms with Gasteiger partial charge in [-0.05, 0) is 50.9 Å². The van der Waals surface area contributed by atoms with Crippen molar-refractivity contribution in [3.05, 3.63) is 28.8 Å². The highest BCUT2D eigenvalue weighted by Crippen LogP contribution is 2.32. The third-order valence-electron chi connectivity index (χ3n) is 3.48. The molecule has 0 saturated heterocycles. The van der Waals surface area contributed by atoms with E-state index in [2.05, 4.69) is 45.1 Å². The summed E-state index contributed by atoms with van der Waals surface area (Å²) in [5.41, 5.74) is 3.67. The summed E-state index contributed by atoms with van der Waals surface area (Å²) in [6.07, 6.45) is 1.20. The van der Waals surface area contributed by atoms with Gasteiger partial charge in [0.1, 0.15) is 5.75 Å². The zero-order valence-corrected chi connectivity index (χ0v) is 13.0. The van der Waals surface area contributed by atoms with Crippen LogP contribution in [0.5, 0.6) is 5.75 Å². The molecule has 3 nitrogen and oxygen atoms in total. The van der Waals surface area contributed by atoms with E-state index in [0.717, 1.165) is 18.7 Å². The molecule has 1 aromatic carbocycles. The number of ether oxygens (including phenoxy) is 2. The summed E-state index contributed by atoms with van der Waals surface area (Å²) in [5, 5.41) is 3.57. The van der Waals surface area contributed by atoms with Crippen LogP contribution < -0.4 is 10.1 Å². The van der Waals surface area contributed by atoms with Crippen molar-refractivity contribution in [1.29, 1.82) is 0 Å². The average molecular weight is 265 g/mol. The van der Waals surface area contributed by atoms with Gasteiger partial charge in [-0.1, -0.05) is 13.0 Å². The largest absolute Gasteiger partial charge is 0.496 e. The Hall–Kier alpha value is -1.06. The van der Waals surface area contributed by atoms with Crippen molar-refractivity contribution in [2.45, 2.75) is 46.3 Å². The van der Waals surface area contributed by atoms with Crippen molar-refractivity contribution < 1.29 is 9.47 Å². The number of rotatable bonds is 7. The third kappa shape index (κ3) is 3.95. The van der Waals surface area contributed by atoms with Gasteiger partial charge in [0.25, 0.3) is 0 Å². The molecule has 0 aromatic heterocycles. The van der Waals surface area contributed by atoms with E-state index in [-0.39, 0.29) is 12.1 Å². The van der Waals surface area contributed by atoms with Gasteiger partial charge in [0.15, 0.2) is 0 Å². The van der Waals surface area contributed by atoms with Crippen molar-refractivity contribution >= 4 is 0 Å². The van der Waals surface area contributed by atoms with E-state index >= 15 is 0 Å². The average Bonchev–Trinajstić information content (AvgIpc) is 2.39. The second-order valence-corrected chi connectivity index (χ2v) is 5.07. The van der Waals surface area contributed by atoms with Crippen LogP contribution in [0.25, 0.3) is 0 Å². The molecule has 19 heavy (non-hydrogen) atoms. The molecule has 0 heterocycles. The molecule has 108 valence electrons. The Labute approximate surface area is 117 Å². The number of nitrogens with one attached hydrogen (secondary N) is 1. The Bertz CT molecular complexity index is 404. The number of hydrogen-bond donors (Lipinski definition) is 1. The zero-order chi connectivity index (χ0) is 14.4. The van der Waals surface area contributed by atoms with E-state index < -0.39 is 0 Å². The molecule has 0 aliphatic carbocycles. The predicted molar refractivity (Wildman–Crippen MR) is 80.0 cm³/mol. The van der Waals surface area contributed by atoms with Crippen LogP contribution in [0.1, 0.15) is 43.0 Å². The first-order chi connectivity index (χ1) is 9.04. The number of aryl methyl sites for hydroxylation is 2. The lowest BCUT2D eigenvalue weighted by Gasteiger charge is -2.28. The Morgan fingerprint density at radius 2 is 1.89 bits per heavy atom. The highest BCUT2D eigenvalue weighted by atomic mass is 16.5. The lowest BCUT2D eigenvalue weighted by molar-refractivity contribution is 0.0819. The molecule has 0 saturated carbocycles. The number of hydrogen-bond acceptors (Lipinski definition) is 3. The summed E-state index contributed by atoms with van der Waals surface area (Å²) in [4.78, 5) is 0. The molecule has 2 unspecified atom stereocenters. The second kappa shape index (κ2) is 7.51. The number of methoxy groups -OCH3 is 2. The molecule has 0 aliphatic heterocycles. The van der Waals surface area contributed by atoms with Gasteiger partial charge in [-0.2, -0.15) is 0 Å². The van der Waals surface area contributed by atoms with Crippen molar-refractivity contribution in [2.24, 2.45) is 0 Å². The van der Waals surface area contributed by atoms with Gasteiger partial charge in [0.2, 0.25) is 0 Å². The summed E-state index contributed by atoms with van der Waals surface area (Å²) in [7, 11) is 3.48. The van der Waals surface area contributed by atoms with Crippen molar-refractivity contribution in [3.8, 4) is 5.75 Å². The van der Waals surface area contributed by atoms with Crippen molar-refractivity contribution in [3.63, 3.8) is 0 Å². The van der Waals surface area contributed by atoms with Crippen LogP contribution >= 0.6 is 0 Å². The fraction of sp³-hybridized carbons (Fsp3) is 0.625. The van der Waals surface area contributed by atoms with E-state index in [1.807, 2.05) is 0 Å². The molecule has 2 atom stereocenters. The van der Waals surface area contributed by atoms with Gasteiger partial charge in [-0.3, -0.25) is 0 Å². The van der Waals surface area contributed by atoms with E-state index in [0.29, 0.717) is 0 Å². The van der Waals surface area contributed by atoms with E-state index in [4.69, 9.17) is 9.47 Å². The molecule has 1 aromatic rings. The standard InChI is InChI=1S/C16H27NO2/c1-7-8-17-16(13(4)18-5)15-12(3)9-11(2)10-14(15)19-6/h9-10,13,16-17H,7-8H2,1-6H3. The first-order valence-corrected chi connectivity index (χ1v) is 6.96. The van der Waals surface area contributed by atoms with Gasteiger partial charge in [-0.25, -0.2) is 0 Å². The summed E-state index contributed by atoms with van der Waals surface area (Å²) in [6, 6.07) is 4.44. The molecule has 3 heteroatoms. The van der Waals surface area contributed by atoms with E-state index in [9.17, 15) is 0 Å². The molecular formula is C16H27NO2. The topological polar surface area (TPSA) is 30.5 Å². The molecule has 1 N–H and O–H groups in total. The third-order valence-corrected chi connectivity index (χ3v) is 3.48. The Morgan fingerprint density at radius 3 is 2.42 bits per heavy atom. The second-order valence-electron chi connectivity index (χ2n) is 5.07. The van der Waals surface area contributed by atoms with Crippen LogP contribution in [-0.2, 0) is 4.74 Å². The lowest BCUT2D eigenvalue weighted by Crippen LogP contribution is -2.33. The van der Waals surface area contributed by atoms with Gasteiger partial charge in [-0.15, -0.1) is 0 Å². The van der Waals surface area contributed by atoms with Crippen LogP contribution in [0.3, 0.4) is 0 Å². The number of benzene rings is 1. The summed E-state index contributed by atoms with van der Waals surface area (Å²) < 4.78 is 11.1. The zero-order valence-electron chi connectivity index (χ0n) is 13.0. The van der Waals surface area contributed by atoms with Gasteiger partial charge in [0, 0.05) is 12.7 Å². The maximum atomic E-state index is 5.57. The Kier molecular flexibility index (Phi) is 6.32. The van der Waals surface area contributed by atoms with Crippen LogP contribution in [-0.4, -0.2) is 26.9 Å². The maximum absolute atomic E-state index is 5.57. The monoisotopic (exact) mass is 265 g/mol. The first-order valence-electron chi connectivity index (χ1n) is 6.96. The predicted octanol–water partition coefficient (Wildman–Crippen LogP) is 3.39. The highest BCUT2D eigenvalue weighted by molar-refractivity contribution is 5.45. The molecule has 0 fully saturated rings. The summed E-state index contributed by atoms with van der Waals surface area (Å²) in [6.45, 7) is 9.45. The van der Waals surface area contributed by atoms with Crippen LogP contribution in [0.4, 0.5) is 0 Å². The van der Waals surface area contributed by atoms with Gasteiger partial charge in [0.05, 0.1) is 19.3 Å². The van der Waals surface area contributed by atoms with Crippen molar-refractivity contribution in [2.75, 3.05) is 20.8 Å². The smallest absolute Gasteiger partial charge is 0.124 e. The van der Waals surface area contributed by atoms with Crippen LogP contribution in [0, 0.1) is 13.8 Å². The van der Waals surface area contributed by atoms with E-state index in [1.54, 1.807) is 14.2 Å². The fourth-order valence-corrected chi connectivity index (χ4v) is 2.45. The van der Waals surface area contributed by atoms with E-state index in [1.165, 1.54) is 16.7 Å². The maximum Gasteiger partial charge on any atom is 0.124 e. The first kappa shape index (κ1) is 16.0. The molecule has 0 spiro atoms. The lowest BCUT2D eigenvalue weighted by atomic mass is 9.94. The highest BCUT2D eigenvalue weighted by Gasteiger charge is 2.24. The van der Waals surface area contributed by atoms with Crippen molar-refractivity contribution in [1.82, 2.24) is 5.32 Å². The Balaban J connectivity index is 3.20. The van der Waals surface area contributed by atoms with Gasteiger partial charge < -0.3 is 14.8 Å². The normalized spacial score (nSPS) is 14.2. The summed E-state index contributed by atoms with van der Waals surface area (Å²) in [5.74, 6) is 0.940. The molecular weight excluding hydrogens is 238 g/mol. The quantitative estimate of drug-likeness (QED) is 0.819. The van der Waals surface area contributed by atoms with Crippen LogP contribution in [0.2, 0.25) is 0 Å². The molecule has 1 rings (SSSR count). The minimum atomic E-state index is 0.0989. The summed E-state index contributed by atoms with van der Waals surface area (Å²) >= 11 is 0. The Morgan fingerprint density at radius 1 is 1.21 bits per heavy atom. The molecule has 0 bridgehead atoms. The molecule has 0 radical (unpaired) electrons. The molecule has 0 aliphatic rings. The van der Waals surface area contributed by atoms with Crippen LogP contribution in [0.15, 0.2) is 12.1 Å².